The second-order valence-electron chi connectivity index (χ2n) is 9.03. The third kappa shape index (κ3) is 3.90. The van der Waals surface area contributed by atoms with Gasteiger partial charge in [-0.05, 0) is 73.1 Å². The fraction of sp³-hybridized carbons (Fsp3) is 0.391. The number of anilines is 1. The molecule has 0 saturated heterocycles. The van der Waals surface area contributed by atoms with Crippen molar-refractivity contribution in [3.63, 3.8) is 0 Å². The predicted octanol–water partition coefficient (Wildman–Crippen LogP) is 6.35. The zero-order chi connectivity index (χ0) is 21.0. The zero-order valence-electron chi connectivity index (χ0n) is 17.2. The van der Waals surface area contributed by atoms with Crippen LogP contribution in [0.2, 0.25) is 5.02 Å². The van der Waals surface area contributed by atoms with Crippen LogP contribution < -0.4 is 4.72 Å². The molecule has 1 heterocycles. The van der Waals surface area contributed by atoms with Crippen LogP contribution in [0.1, 0.15) is 44.1 Å². The lowest BCUT2D eigenvalue weighted by molar-refractivity contribution is 0.210. The molecule has 0 radical (unpaired) electrons. The van der Waals surface area contributed by atoms with E-state index in [1.54, 1.807) is 12.1 Å². The highest BCUT2D eigenvalue weighted by atomic mass is 35.5. The fourth-order valence-corrected chi connectivity index (χ4v) is 5.34. The molecule has 4 rings (SSSR count). The highest BCUT2D eigenvalue weighted by Crippen LogP contribution is 2.42. The van der Waals surface area contributed by atoms with Crippen molar-refractivity contribution in [2.45, 2.75) is 51.9 Å². The van der Waals surface area contributed by atoms with Gasteiger partial charge in [-0.2, -0.15) is 0 Å². The van der Waals surface area contributed by atoms with Crippen molar-refractivity contribution < 1.29 is 12.8 Å². The van der Waals surface area contributed by atoms with E-state index in [1.165, 1.54) is 17.7 Å². The lowest BCUT2D eigenvalue weighted by Gasteiger charge is -2.33. The van der Waals surface area contributed by atoms with Gasteiger partial charge in [0, 0.05) is 22.4 Å². The fourth-order valence-electron chi connectivity index (χ4n) is 4.09. The molecule has 4 nitrogen and oxygen atoms in total. The molecule has 1 atom stereocenters. The lowest BCUT2D eigenvalue weighted by atomic mass is 9.71. The SMILES string of the molecule is Cc1cc2oc3c(c2cc1NS(=O)(=O)c1ccc(Cl)cc1)CC(C(C)(C)C)CC3. The first-order valence-electron chi connectivity index (χ1n) is 9.88. The van der Waals surface area contributed by atoms with Crippen LogP contribution in [0.4, 0.5) is 5.69 Å². The monoisotopic (exact) mass is 431 g/mol. The number of furan rings is 1. The quantitative estimate of drug-likeness (QED) is 0.525. The molecular weight excluding hydrogens is 406 g/mol. The minimum Gasteiger partial charge on any atom is -0.461 e. The molecule has 1 aromatic heterocycles. The first-order chi connectivity index (χ1) is 13.5. The number of fused-ring (bicyclic) bond motifs is 3. The van der Waals surface area contributed by atoms with Gasteiger partial charge in [0.1, 0.15) is 11.3 Å². The summed E-state index contributed by atoms with van der Waals surface area (Å²) >= 11 is 5.89. The third-order valence-corrected chi connectivity index (χ3v) is 7.62. The lowest BCUT2D eigenvalue weighted by Crippen LogP contribution is -2.26. The summed E-state index contributed by atoms with van der Waals surface area (Å²) in [4.78, 5) is 0.184. The summed E-state index contributed by atoms with van der Waals surface area (Å²) in [6.07, 6.45) is 3.00. The highest BCUT2D eigenvalue weighted by molar-refractivity contribution is 7.92. The Labute approximate surface area is 177 Å². The van der Waals surface area contributed by atoms with E-state index in [4.69, 9.17) is 16.0 Å². The summed E-state index contributed by atoms with van der Waals surface area (Å²) in [6, 6.07) is 10.0. The van der Waals surface area contributed by atoms with Gasteiger partial charge in [0.15, 0.2) is 0 Å². The van der Waals surface area contributed by atoms with Crippen molar-refractivity contribution in [2.75, 3.05) is 4.72 Å². The Balaban J connectivity index is 1.73. The average molecular weight is 432 g/mol. The standard InChI is InChI=1S/C23H26ClNO3S/c1-14-11-22-19(18-12-15(23(2,3)4)5-10-21(18)28-22)13-20(14)25-29(26,27)17-8-6-16(24)7-9-17/h6-9,11,13,15,25H,5,10,12H2,1-4H3. The molecule has 0 aliphatic heterocycles. The largest absolute Gasteiger partial charge is 0.461 e. The molecule has 1 N–H and O–H groups in total. The van der Waals surface area contributed by atoms with Crippen molar-refractivity contribution in [1.29, 1.82) is 0 Å². The van der Waals surface area contributed by atoms with Crippen LogP contribution >= 0.6 is 11.6 Å². The Kier molecular flexibility index (Phi) is 4.94. The maximum absolute atomic E-state index is 12.8. The van der Waals surface area contributed by atoms with Gasteiger partial charge in [-0.3, -0.25) is 4.72 Å². The zero-order valence-corrected chi connectivity index (χ0v) is 18.7. The van der Waals surface area contributed by atoms with Crippen molar-refractivity contribution in [3.8, 4) is 0 Å². The van der Waals surface area contributed by atoms with Crippen LogP contribution in [0, 0.1) is 18.3 Å². The first kappa shape index (κ1) is 20.3. The number of hydrogen-bond donors (Lipinski definition) is 1. The molecule has 154 valence electrons. The minimum absolute atomic E-state index is 0.184. The maximum Gasteiger partial charge on any atom is 0.261 e. The van der Waals surface area contributed by atoms with E-state index in [0.717, 1.165) is 41.6 Å². The summed E-state index contributed by atoms with van der Waals surface area (Å²) in [6.45, 7) is 8.72. The Hall–Kier alpha value is -1.98. The van der Waals surface area contributed by atoms with E-state index in [0.29, 0.717) is 16.6 Å². The summed E-state index contributed by atoms with van der Waals surface area (Å²) in [5.41, 5.74) is 3.68. The van der Waals surface area contributed by atoms with Gasteiger partial charge in [0.05, 0.1) is 10.6 Å². The van der Waals surface area contributed by atoms with Crippen molar-refractivity contribution >= 4 is 38.3 Å². The molecule has 1 aliphatic carbocycles. The topological polar surface area (TPSA) is 59.3 Å². The summed E-state index contributed by atoms with van der Waals surface area (Å²) in [5.74, 6) is 1.61. The van der Waals surface area contributed by atoms with E-state index >= 15 is 0 Å². The third-order valence-electron chi connectivity index (χ3n) is 5.98. The van der Waals surface area contributed by atoms with E-state index in [9.17, 15) is 8.42 Å². The van der Waals surface area contributed by atoms with Crippen molar-refractivity contribution in [2.24, 2.45) is 11.3 Å². The summed E-state index contributed by atoms with van der Waals surface area (Å²) in [5, 5.41) is 1.51. The summed E-state index contributed by atoms with van der Waals surface area (Å²) in [7, 11) is -3.70. The number of benzene rings is 2. The van der Waals surface area contributed by atoms with Crippen LogP contribution in [0.15, 0.2) is 45.7 Å². The van der Waals surface area contributed by atoms with Crippen LogP contribution in [-0.4, -0.2) is 8.42 Å². The molecule has 3 aromatic rings. The van der Waals surface area contributed by atoms with Crippen LogP contribution in [0.5, 0.6) is 0 Å². The number of hydrogen-bond acceptors (Lipinski definition) is 3. The van der Waals surface area contributed by atoms with Gasteiger partial charge < -0.3 is 4.42 Å². The molecule has 6 heteroatoms. The number of rotatable bonds is 3. The normalized spacial score (nSPS) is 17.3. The van der Waals surface area contributed by atoms with Gasteiger partial charge in [-0.15, -0.1) is 0 Å². The Morgan fingerprint density at radius 2 is 1.83 bits per heavy atom. The Morgan fingerprint density at radius 3 is 2.48 bits per heavy atom. The van der Waals surface area contributed by atoms with Gasteiger partial charge in [0.25, 0.3) is 10.0 Å². The van der Waals surface area contributed by atoms with Gasteiger partial charge >= 0.3 is 0 Å². The Morgan fingerprint density at radius 1 is 1.14 bits per heavy atom. The van der Waals surface area contributed by atoms with E-state index in [1.807, 2.05) is 19.1 Å². The van der Waals surface area contributed by atoms with Gasteiger partial charge in [-0.25, -0.2) is 8.42 Å². The number of aryl methyl sites for hydroxylation is 2. The number of sulfonamides is 1. The second kappa shape index (κ2) is 7.06. The molecule has 0 amide bonds. The van der Waals surface area contributed by atoms with Crippen LogP contribution in [0.25, 0.3) is 11.0 Å². The van der Waals surface area contributed by atoms with Gasteiger partial charge in [0.2, 0.25) is 0 Å². The molecule has 1 aliphatic rings. The van der Waals surface area contributed by atoms with Crippen LogP contribution in [-0.2, 0) is 22.9 Å². The number of nitrogens with one attached hydrogen (secondary N) is 1. The molecule has 29 heavy (non-hydrogen) atoms. The Bertz CT molecular complexity index is 1170. The van der Waals surface area contributed by atoms with Gasteiger partial charge in [-0.1, -0.05) is 32.4 Å². The second-order valence-corrected chi connectivity index (χ2v) is 11.2. The minimum atomic E-state index is -3.70. The van der Waals surface area contributed by atoms with Crippen molar-refractivity contribution in [3.05, 3.63) is 58.3 Å². The molecule has 0 bridgehead atoms. The maximum atomic E-state index is 12.8. The highest BCUT2D eigenvalue weighted by Gasteiger charge is 2.32. The first-order valence-corrected chi connectivity index (χ1v) is 11.7. The van der Waals surface area contributed by atoms with E-state index in [-0.39, 0.29) is 10.3 Å². The average Bonchev–Trinajstić information content (AvgIpc) is 2.98. The predicted molar refractivity (Wildman–Crippen MR) is 118 cm³/mol. The molecule has 2 aromatic carbocycles. The van der Waals surface area contributed by atoms with Crippen LogP contribution in [0.3, 0.4) is 0 Å². The molecule has 0 saturated carbocycles. The van der Waals surface area contributed by atoms with E-state index in [2.05, 4.69) is 25.5 Å². The smallest absolute Gasteiger partial charge is 0.261 e. The van der Waals surface area contributed by atoms with E-state index < -0.39 is 10.0 Å². The molecule has 0 spiro atoms. The molecule has 1 unspecified atom stereocenters. The molecule has 0 fully saturated rings. The summed E-state index contributed by atoms with van der Waals surface area (Å²) < 4.78 is 34.5. The number of halogens is 1. The van der Waals surface area contributed by atoms with Crippen molar-refractivity contribution in [1.82, 2.24) is 0 Å². The molecular formula is C23H26ClNO3S.